The molecular weight excluding hydrogens is 899 g/mol. The van der Waals surface area contributed by atoms with Gasteiger partial charge in [-0.3, -0.25) is 37.3 Å². The number of nitrogens with zero attached hydrogens (tertiary/aromatic N) is 4. The van der Waals surface area contributed by atoms with Gasteiger partial charge in [-0.2, -0.15) is 4.31 Å². The van der Waals surface area contributed by atoms with Crippen LogP contribution < -0.4 is 16.4 Å². The van der Waals surface area contributed by atoms with E-state index < -0.39 is 120 Å². The summed E-state index contributed by atoms with van der Waals surface area (Å²) >= 11 is 0.525. The van der Waals surface area contributed by atoms with Gasteiger partial charge in [0.05, 0.1) is 32.4 Å². The number of imidazole rings is 1. The number of aliphatic hydroxyl groups excluding tert-OH is 2. The summed E-state index contributed by atoms with van der Waals surface area (Å²) in [5, 5.41) is 52.9. The van der Waals surface area contributed by atoms with Crippen LogP contribution in [0.1, 0.15) is 39.3 Å². The van der Waals surface area contributed by atoms with Crippen molar-refractivity contribution in [3.63, 3.8) is 0 Å². The Hall–Kier alpha value is -3.54. The molecule has 0 radical (unpaired) electrons. The topological polar surface area (TPSA) is 458 Å². The Morgan fingerprint density at radius 2 is 1.65 bits per heavy atom. The third kappa shape index (κ3) is 14.8. The summed E-state index contributed by atoms with van der Waals surface area (Å²) in [7, 11) is -16.5. The fourth-order valence-electron chi connectivity index (χ4n) is 5.05. The first-order chi connectivity index (χ1) is 27.6. The number of carboxylic acid groups (broad SMARTS) is 2. The van der Waals surface area contributed by atoms with Crippen molar-refractivity contribution in [1.82, 2.24) is 30.2 Å². The maximum Gasteiger partial charge on any atom is 0.481 e. The molecular formula is C27H42N7O22P3S. The van der Waals surface area contributed by atoms with Crippen molar-refractivity contribution in [3.05, 3.63) is 12.7 Å². The molecule has 1 fully saturated rings. The minimum atomic E-state index is -5.63. The number of hydrogen-bond acceptors (Lipinski definition) is 21. The average molecular weight is 942 g/mol. The van der Waals surface area contributed by atoms with Crippen LogP contribution in [-0.4, -0.2) is 156 Å². The second-order valence-corrected chi connectivity index (χ2v) is 18.8. The van der Waals surface area contributed by atoms with Crippen LogP contribution in [0.4, 0.5) is 5.82 Å². The Morgan fingerprint density at radius 3 is 2.27 bits per heavy atom. The largest absolute Gasteiger partial charge is 0.481 e. The Balaban J connectivity index is 1.46. The number of aliphatic hydroxyl groups is 3. The lowest BCUT2D eigenvalue weighted by atomic mass is 9.87. The summed E-state index contributed by atoms with van der Waals surface area (Å²) in [6.07, 6.45) is -9.60. The van der Waals surface area contributed by atoms with E-state index >= 15 is 0 Å². The Bertz CT molecular complexity index is 2050. The van der Waals surface area contributed by atoms with Gasteiger partial charge in [0, 0.05) is 30.7 Å². The van der Waals surface area contributed by atoms with Crippen LogP contribution in [0.2, 0.25) is 0 Å². The first-order valence-corrected chi connectivity index (χ1v) is 22.3. The molecule has 2 unspecified atom stereocenters. The number of phosphoric acid groups is 3. The number of rotatable bonds is 24. The molecule has 60 heavy (non-hydrogen) atoms. The van der Waals surface area contributed by atoms with Crippen molar-refractivity contribution in [3.8, 4) is 0 Å². The summed E-state index contributed by atoms with van der Waals surface area (Å²) in [5.41, 5.74) is 1.29. The zero-order valence-corrected chi connectivity index (χ0v) is 34.6. The lowest BCUT2D eigenvalue weighted by molar-refractivity contribution is -0.166. The molecule has 0 spiro atoms. The molecule has 29 nitrogen and oxygen atoms in total. The number of aromatic nitrogens is 4. The molecule has 2 aromatic heterocycles. The van der Waals surface area contributed by atoms with Crippen LogP contribution in [0.25, 0.3) is 11.2 Å². The first kappa shape index (κ1) is 50.8. The maximum atomic E-state index is 12.7. The van der Waals surface area contributed by atoms with Gasteiger partial charge in [-0.1, -0.05) is 25.6 Å². The SMILES string of the molecule is CC(C)(COP(=O)(O)OP(=O)(O)OC[C@H]1O[C@@H](n2cnc3c(N)ncnc32)[C@H](O)[C@@H]1OP(=O)(O)O)[C@@H](O)C(=O)NCCC(=O)NCCSC(=O)C[C@](O)(CC(=O)O)C(=O)O. The highest BCUT2D eigenvalue weighted by Crippen LogP contribution is 2.61. The number of fused-ring (bicyclic) bond motifs is 1. The van der Waals surface area contributed by atoms with Crippen LogP contribution in [0.5, 0.6) is 0 Å². The summed E-state index contributed by atoms with van der Waals surface area (Å²) in [4.78, 5) is 109. The van der Waals surface area contributed by atoms with Crippen LogP contribution >= 0.6 is 35.2 Å². The summed E-state index contributed by atoms with van der Waals surface area (Å²) in [6.45, 7) is -0.246. The molecule has 1 saturated heterocycles. The zero-order valence-electron chi connectivity index (χ0n) is 31.1. The molecule has 1 aliphatic heterocycles. The second kappa shape index (κ2) is 20.6. The number of nitrogens with one attached hydrogen (secondary N) is 2. The zero-order chi connectivity index (χ0) is 45.4. The normalized spacial score (nSPS) is 21.9. The molecule has 33 heteroatoms. The van der Waals surface area contributed by atoms with Gasteiger partial charge in [-0.25, -0.2) is 33.4 Å². The van der Waals surface area contributed by atoms with Crippen molar-refractivity contribution >= 4 is 81.1 Å². The fourth-order valence-corrected chi connectivity index (χ4v) is 8.65. The van der Waals surface area contributed by atoms with Crippen LogP contribution in [0.15, 0.2) is 12.7 Å². The molecule has 0 saturated carbocycles. The number of anilines is 1. The Labute approximate surface area is 341 Å². The number of aliphatic carboxylic acids is 2. The lowest BCUT2D eigenvalue weighted by Crippen LogP contribution is -2.46. The van der Waals surface area contributed by atoms with E-state index in [-0.39, 0.29) is 42.2 Å². The van der Waals surface area contributed by atoms with Crippen molar-refractivity contribution < 1.29 is 105 Å². The van der Waals surface area contributed by atoms with Crippen LogP contribution in [0, 0.1) is 5.41 Å². The van der Waals surface area contributed by atoms with Crippen LogP contribution in [-0.2, 0) is 60.3 Å². The molecule has 2 aromatic rings. The number of carbonyl (C=O) groups excluding carboxylic acids is 3. The van der Waals surface area contributed by atoms with E-state index in [1.54, 1.807) is 0 Å². The van der Waals surface area contributed by atoms with Gasteiger partial charge in [0.1, 0.15) is 36.3 Å². The molecule has 3 heterocycles. The average Bonchev–Trinajstić information content (AvgIpc) is 3.67. The highest BCUT2D eigenvalue weighted by Gasteiger charge is 2.50. The van der Waals surface area contributed by atoms with Gasteiger partial charge >= 0.3 is 35.4 Å². The smallest absolute Gasteiger partial charge is 0.481 e. The third-order valence-electron chi connectivity index (χ3n) is 8.04. The van der Waals surface area contributed by atoms with Gasteiger partial charge in [0.25, 0.3) is 0 Å². The van der Waals surface area contributed by atoms with Gasteiger partial charge < -0.3 is 66.2 Å². The molecule has 0 bridgehead atoms. The van der Waals surface area contributed by atoms with Gasteiger partial charge in [0.2, 0.25) is 11.8 Å². The predicted molar refractivity (Wildman–Crippen MR) is 197 cm³/mol. The third-order valence-corrected chi connectivity index (χ3v) is 12.0. The number of phosphoric ester groups is 3. The number of carbonyl (C=O) groups is 5. The van der Waals surface area contributed by atoms with Gasteiger partial charge in [-0.05, 0) is 0 Å². The fraction of sp³-hybridized carbons (Fsp3) is 0.630. The summed E-state index contributed by atoms with van der Waals surface area (Å²) in [6, 6.07) is 0. The highest BCUT2D eigenvalue weighted by molar-refractivity contribution is 8.13. The van der Waals surface area contributed by atoms with E-state index in [1.807, 2.05) is 0 Å². The number of thioether (sulfide) groups is 1. The standard InChI is InChI=1S/C27H42N7O22P3S/c1-26(2,20(40)23(41)30-4-3-14(35)29-5-6-60-16(38)8-27(44,25(42)43)7-15(36)37)10-53-59(50,51)56-58(48,49)52-9-13-19(55-57(45,46)47)18(39)24(54-13)34-12-33-17-21(28)31-11-32-22(17)34/h11-13,18-20,24,39-40,44H,3-10H2,1-2H3,(H,29,35)(H,30,41)(H,36,37)(H,42,43)(H,48,49)(H,50,51)(H2,28,31,32)(H2,45,46,47)/t13-,18-,19-,20+,24-,27-/m1/s1. The van der Waals surface area contributed by atoms with E-state index in [1.165, 1.54) is 13.8 Å². The minimum absolute atomic E-state index is 0.00286. The molecule has 0 aromatic carbocycles. The van der Waals surface area contributed by atoms with E-state index in [0.29, 0.717) is 11.8 Å². The summed E-state index contributed by atoms with van der Waals surface area (Å²) < 4.78 is 61.9. The monoisotopic (exact) mass is 941 g/mol. The minimum Gasteiger partial charge on any atom is -0.481 e. The number of nitrogen functional groups attached to an aromatic ring is 1. The number of carboxylic acids is 2. The first-order valence-electron chi connectivity index (χ1n) is 16.8. The molecule has 3 rings (SSSR count). The molecule has 338 valence electrons. The van der Waals surface area contributed by atoms with E-state index in [0.717, 1.165) is 17.2 Å². The quantitative estimate of drug-likeness (QED) is 0.0378. The highest BCUT2D eigenvalue weighted by atomic mass is 32.2. The van der Waals surface area contributed by atoms with Crippen molar-refractivity contribution in [2.75, 3.05) is 37.8 Å². The Morgan fingerprint density at radius 1 is 1.00 bits per heavy atom. The molecule has 2 amide bonds. The van der Waals surface area contributed by atoms with Crippen molar-refractivity contribution in [2.45, 2.75) is 69.4 Å². The molecule has 0 aliphatic carbocycles. The number of hydrogen-bond donors (Lipinski definition) is 12. The van der Waals surface area contributed by atoms with Crippen molar-refractivity contribution in [2.24, 2.45) is 5.41 Å². The molecule has 8 atom stereocenters. The maximum absolute atomic E-state index is 12.7. The van der Waals surface area contributed by atoms with Gasteiger partial charge in [-0.15, -0.1) is 0 Å². The van der Waals surface area contributed by atoms with Crippen molar-refractivity contribution in [1.29, 1.82) is 0 Å². The lowest BCUT2D eigenvalue weighted by Gasteiger charge is -2.30. The van der Waals surface area contributed by atoms with Crippen LogP contribution in [0.3, 0.4) is 0 Å². The molecule has 13 N–H and O–H groups in total. The van der Waals surface area contributed by atoms with E-state index in [9.17, 15) is 72.6 Å². The number of ether oxygens (including phenoxy) is 1. The molecule has 1 aliphatic rings. The Kier molecular flexibility index (Phi) is 17.4. The van der Waals surface area contributed by atoms with Gasteiger partial charge in [0.15, 0.2) is 28.4 Å². The number of amides is 2. The number of nitrogens with two attached hydrogens (primary N) is 1. The van der Waals surface area contributed by atoms with E-state index in [4.69, 9.17) is 29.7 Å². The predicted octanol–water partition coefficient (Wildman–Crippen LogP) is -2.65. The van der Waals surface area contributed by atoms with E-state index in [2.05, 4.69) is 34.4 Å². The second-order valence-electron chi connectivity index (χ2n) is 13.4. The summed E-state index contributed by atoms with van der Waals surface area (Å²) in [5.74, 6) is -5.42.